The summed E-state index contributed by atoms with van der Waals surface area (Å²) >= 11 is 0. The summed E-state index contributed by atoms with van der Waals surface area (Å²) in [6.07, 6.45) is 0.141. The van der Waals surface area contributed by atoms with E-state index in [1.807, 2.05) is 24.3 Å². The highest BCUT2D eigenvalue weighted by Gasteiger charge is 2.08. The largest absolute Gasteiger partial charge is 0.496 e. The molecule has 1 aromatic heterocycles. The van der Waals surface area contributed by atoms with Crippen LogP contribution in [0.4, 0.5) is 0 Å². The Kier molecular flexibility index (Phi) is 5.03. The Bertz CT molecular complexity index is 952. The summed E-state index contributed by atoms with van der Waals surface area (Å²) in [5, 5.41) is 11.2. The third-order valence-electron chi connectivity index (χ3n) is 3.85. The van der Waals surface area contributed by atoms with Crippen molar-refractivity contribution in [1.82, 2.24) is 20.3 Å². The highest BCUT2D eigenvalue weighted by atomic mass is 16.5. The van der Waals surface area contributed by atoms with Gasteiger partial charge in [-0.15, -0.1) is 5.10 Å². The molecule has 7 heteroatoms. The second kappa shape index (κ2) is 7.57. The van der Waals surface area contributed by atoms with E-state index in [-0.39, 0.29) is 24.4 Å². The molecule has 1 heterocycles. The number of ether oxygens (including phenoxy) is 1. The lowest BCUT2D eigenvalue weighted by Crippen LogP contribution is -2.29. The summed E-state index contributed by atoms with van der Waals surface area (Å²) in [5.74, 6) is 0.548. The lowest BCUT2D eigenvalue weighted by atomic mass is 10.2. The molecule has 0 atom stereocenters. The molecule has 0 radical (unpaired) electrons. The van der Waals surface area contributed by atoms with E-state index in [1.54, 1.807) is 31.4 Å². The molecule has 0 aliphatic rings. The zero-order chi connectivity index (χ0) is 17.6. The molecule has 0 spiro atoms. The molecule has 128 valence electrons. The van der Waals surface area contributed by atoms with Gasteiger partial charge in [-0.1, -0.05) is 35.5 Å². The first kappa shape index (κ1) is 16.6. The minimum Gasteiger partial charge on any atom is -0.496 e. The highest BCUT2D eigenvalue weighted by molar-refractivity contribution is 5.77. The fraction of sp³-hybridized carbons (Fsp3) is 0.222. The predicted molar refractivity (Wildman–Crippen MR) is 93.3 cm³/mol. The Morgan fingerprint density at radius 2 is 1.92 bits per heavy atom. The van der Waals surface area contributed by atoms with E-state index in [4.69, 9.17) is 4.74 Å². The van der Waals surface area contributed by atoms with Crippen molar-refractivity contribution in [1.29, 1.82) is 0 Å². The maximum absolute atomic E-state index is 12.3. The van der Waals surface area contributed by atoms with E-state index < -0.39 is 0 Å². The van der Waals surface area contributed by atoms with Crippen molar-refractivity contribution >= 4 is 16.8 Å². The number of nitrogens with zero attached hydrogens (tertiary/aromatic N) is 3. The number of hydrogen-bond donors (Lipinski definition) is 1. The second-order valence-corrected chi connectivity index (χ2v) is 5.47. The highest BCUT2D eigenvalue weighted by Crippen LogP contribution is 2.16. The summed E-state index contributed by atoms with van der Waals surface area (Å²) < 4.78 is 6.46. The van der Waals surface area contributed by atoms with Gasteiger partial charge in [0.15, 0.2) is 0 Å². The molecule has 0 unspecified atom stereocenters. The van der Waals surface area contributed by atoms with Crippen LogP contribution in [0.15, 0.2) is 53.3 Å². The van der Waals surface area contributed by atoms with Gasteiger partial charge in [0.2, 0.25) is 5.91 Å². The first-order valence-electron chi connectivity index (χ1n) is 7.90. The van der Waals surface area contributed by atoms with Crippen LogP contribution in [0.25, 0.3) is 10.9 Å². The molecule has 0 bridgehead atoms. The summed E-state index contributed by atoms with van der Waals surface area (Å²) in [6.45, 7) is 0.537. The molecule has 3 aromatic rings. The van der Waals surface area contributed by atoms with Crippen LogP contribution in [0, 0.1) is 0 Å². The van der Waals surface area contributed by atoms with Gasteiger partial charge < -0.3 is 10.1 Å². The van der Waals surface area contributed by atoms with Crippen molar-refractivity contribution in [3.8, 4) is 5.75 Å². The van der Waals surface area contributed by atoms with Crippen LogP contribution < -0.4 is 15.6 Å². The van der Waals surface area contributed by atoms with E-state index in [2.05, 4.69) is 15.6 Å². The third kappa shape index (κ3) is 3.82. The molecule has 1 N–H and O–H groups in total. The van der Waals surface area contributed by atoms with Crippen LogP contribution in [0.1, 0.15) is 12.0 Å². The molecule has 2 aromatic carbocycles. The fourth-order valence-corrected chi connectivity index (χ4v) is 2.51. The van der Waals surface area contributed by atoms with Gasteiger partial charge >= 0.3 is 0 Å². The van der Waals surface area contributed by atoms with Crippen molar-refractivity contribution in [3.05, 3.63) is 64.4 Å². The maximum Gasteiger partial charge on any atom is 0.277 e. The Labute approximate surface area is 144 Å². The monoisotopic (exact) mass is 338 g/mol. The third-order valence-corrected chi connectivity index (χ3v) is 3.85. The molecular formula is C18H18N4O3. The number of benzene rings is 2. The zero-order valence-electron chi connectivity index (χ0n) is 13.8. The Hall–Kier alpha value is -3.22. The van der Waals surface area contributed by atoms with Crippen molar-refractivity contribution in [2.45, 2.75) is 19.5 Å². The minimum atomic E-state index is -0.247. The summed E-state index contributed by atoms with van der Waals surface area (Å²) in [7, 11) is 1.59. The summed E-state index contributed by atoms with van der Waals surface area (Å²) in [5.41, 5.74) is 1.19. The summed E-state index contributed by atoms with van der Waals surface area (Å²) in [4.78, 5) is 24.4. The number of carbonyl (C=O) groups is 1. The van der Waals surface area contributed by atoms with Gasteiger partial charge in [-0.05, 0) is 18.2 Å². The summed E-state index contributed by atoms with van der Waals surface area (Å²) in [6, 6.07) is 14.5. The second-order valence-electron chi connectivity index (χ2n) is 5.47. The van der Waals surface area contributed by atoms with Crippen molar-refractivity contribution in [3.63, 3.8) is 0 Å². The molecule has 1 amide bonds. The van der Waals surface area contributed by atoms with Gasteiger partial charge in [-0.25, -0.2) is 4.68 Å². The molecular weight excluding hydrogens is 320 g/mol. The lowest BCUT2D eigenvalue weighted by molar-refractivity contribution is -0.121. The van der Waals surface area contributed by atoms with Gasteiger partial charge in [-0.3, -0.25) is 9.59 Å². The average Bonchev–Trinajstić information content (AvgIpc) is 2.66. The van der Waals surface area contributed by atoms with Gasteiger partial charge in [0.25, 0.3) is 5.56 Å². The molecule has 0 aliphatic heterocycles. The molecule has 25 heavy (non-hydrogen) atoms. The number of nitrogens with one attached hydrogen (secondary N) is 1. The smallest absolute Gasteiger partial charge is 0.277 e. The first-order valence-corrected chi connectivity index (χ1v) is 7.90. The van der Waals surface area contributed by atoms with Gasteiger partial charge in [-0.2, -0.15) is 0 Å². The Morgan fingerprint density at radius 3 is 2.76 bits per heavy atom. The number of methoxy groups -OCH3 is 1. The first-order chi connectivity index (χ1) is 12.2. The fourth-order valence-electron chi connectivity index (χ4n) is 2.51. The van der Waals surface area contributed by atoms with Crippen molar-refractivity contribution < 1.29 is 9.53 Å². The zero-order valence-corrected chi connectivity index (χ0v) is 13.8. The SMILES string of the molecule is COc1ccccc1CNC(=O)CCn1nnc2ccccc2c1=O. The van der Waals surface area contributed by atoms with Gasteiger partial charge in [0, 0.05) is 18.5 Å². The predicted octanol–water partition coefficient (Wildman–Crippen LogP) is 1.51. The maximum atomic E-state index is 12.3. The van der Waals surface area contributed by atoms with Crippen LogP contribution in [0.5, 0.6) is 5.75 Å². The molecule has 0 saturated heterocycles. The Balaban J connectivity index is 1.61. The van der Waals surface area contributed by atoms with Crippen LogP contribution in [0.2, 0.25) is 0 Å². The molecule has 7 nitrogen and oxygen atoms in total. The number of rotatable bonds is 6. The average molecular weight is 338 g/mol. The number of aromatic nitrogens is 3. The number of fused-ring (bicyclic) bond motifs is 1. The van der Waals surface area contributed by atoms with Crippen LogP contribution in [-0.2, 0) is 17.9 Å². The number of carbonyl (C=O) groups excluding carboxylic acids is 1. The van der Waals surface area contributed by atoms with Crippen LogP contribution in [0.3, 0.4) is 0 Å². The van der Waals surface area contributed by atoms with Gasteiger partial charge in [0.05, 0.1) is 19.0 Å². The van der Waals surface area contributed by atoms with E-state index in [0.717, 1.165) is 11.3 Å². The van der Waals surface area contributed by atoms with E-state index in [9.17, 15) is 9.59 Å². The number of para-hydroxylation sites is 1. The minimum absolute atomic E-state index is 0.141. The van der Waals surface area contributed by atoms with E-state index in [0.29, 0.717) is 17.4 Å². The van der Waals surface area contributed by atoms with Gasteiger partial charge in [0.1, 0.15) is 11.3 Å². The Morgan fingerprint density at radius 1 is 1.16 bits per heavy atom. The lowest BCUT2D eigenvalue weighted by Gasteiger charge is -2.09. The van der Waals surface area contributed by atoms with Crippen LogP contribution in [-0.4, -0.2) is 28.0 Å². The molecule has 0 saturated carbocycles. The number of hydrogen-bond acceptors (Lipinski definition) is 5. The normalized spacial score (nSPS) is 10.6. The van der Waals surface area contributed by atoms with Crippen LogP contribution >= 0.6 is 0 Å². The standard InChI is InChI=1S/C18H18N4O3/c1-25-16-9-5-2-6-13(16)12-19-17(23)10-11-22-18(24)14-7-3-4-8-15(14)20-21-22/h2-9H,10-12H2,1H3,(H,19,23). The van der Waals surface area contributed by atoms with Crippen molar-refractivity contribution in [2.75, 3.05) is 7.11 Å². The van der Waals surface area contributed by atoms with E-state index in [1.165, 1.54) is 4.68 Å². The number of aryl methyl sites for hydroxylation is 1. The number of amides is 1. The topological polar surface area (TPSA) is 86.1 Å². The quantitative estimate of drug-likeness (QED) is 0.736. The van der Waals surface area contributed by atoms with Crippen molar-refractivity contribution in [2.24, 2.45) is 0 Å². The molecule has 3 rings (SSSR count). The molecule has 0 fully saturated rings. The van der Waals surface area contributed by atoms with E-state index >= 15 is 0 Å². The molecule has 0 aliphatic carbocycles.